The van der Waals surface area contributed by atoms with E-state index in [1.54, 1.807) is 0 Å². The number of carboxylic acid groups (broad SMARTS) is 1. The first-order chi connectivity index (χ1) is 28.3. The molecule has 1 saturated heterocycles. The SMILES string of the molecule is CCOC(=O)CN1CCC([C@@H](C)CCOc2ccc(-c3c(C(C)(C)C)cc(N4CCc5cccc(C(=O)Nc6nc7ccccc7s6)c5C4)nc3C(=O)O)c(C)c2)CC1. The van der Waals surface area contributed by atoms with Gasteiger partial charge in [0.15, 0.2) is 10.8 Å². The molecule has 4 heterocycles. The lowest BCUT2D eigenvalue weighted by molar-refractivity contribution is -0.144. The van der Waals surface area contributed by atoms with Crippen molar-refractivity contribution in [2.24, 2.45) is 11.8 Å². The van der Waals surface area contributed by atoms with Crippen LogP contribution in [0.5, 0.6) is 5.75 Å². The number of aromatic nitrogens is 2. The van der Waals surface area contributed by atoms with Gasteiger partial charge >= 0.3 is 11.9 Å². The summed E-state index contributed by atoms with van der Waals surface area (Å²) in [4.78, 5) is 52.4. The fourth-order valence-electron chi connectivity index (χ4n) is 8.47. The maximum Gasteiger partial charge on any atom is 0.355 e. The van der Waals surface area contributed by atoms with E-state index in [0.29, 0.717) is 73.2 Å². The lowest BCUT2D eigenvalue weighted by atomic mass is 9.80. The molecule has 0 bridgehead atoms. The fourth-order valence-corrected chi connectivity index (χ4v) is 9.33. The van der Waals surface area contributed by atoms with Gasteiger partial charge in [-0.2, -0.15) is 0 Å². The van der Waals surface area contributed by atoms with Crippen molar-refractivity contribution in [1.82, 2.24) is 14.9 Å². The number of para-hydroxylation sites is 1. The van der Waals surface area contributed by atoms with Gasteiger partial charge in [0.1, 0.15) is 11.6 Å². The third-order valence-corrected chi connectivity index (χ3v) is 12.7. The summed E-state index contributed by atoms with van der Waals surface area (Å²) in [6, 6.07) is 21.5. The number of anilines is 2. The summed E-state index contributed by atoms with van der Waals surface area (Å²) in [6.07, 6.45) is 3.71. The van der Waals surface area contributed by atoms with E-state index in [2.05, 4.69) is 53.9 Å². The number of carbonyl (C=O) groups excluding carboxylic acids is 2. The number of nitrogens with one attached hydrogen (secondary N) is 1. The van der Waals surface area contributed by atoms with E-state index in [1.807, 2.05) is 74.5 Å². The van der Waals surface area contributed by atoms with Crippen molar-refractivity contribution in [2.75, 3.05) is 49.6 Å². The highest BCUT2D eigenvalue weighted by molar-refractivity contribution is 7.22. The molecule has 2 aliphatic rings. The van der Waals surface area contributed by atoms with E-state index < -0.39 is 11.4 Å². The highest BCUT2D eigenvalue weighted by Gasteiger charge is 2.31. The van der Waals surface area contributed by atoms with Crippen LogP contribution in [0.15, 0.2) is 66.7 Å². The van der Waals surface area contributed by atoms with Crippen molar-refractivity contribution in [3.63, 3.8) is 0 Å². The van der Waals surface area contributed by atoms with Crippen molar-refractivity contribution in [3.05, 3.63) is 100 Å². The van der Waals surface area contributed by atoms with E-state index >= 15 is 0 Å². The summed E-state index contributed by atoms with van der Waals surface area (Å²) in [5, 5.41) is 14.3. The molecule has 0 saturated carbocycles. The average Bonchev–Trinajstić information content (AvgIpc) is 3.62. The van der Waals surface area contributed by atoms with Crippen LogP contribution in [0.1, 0.15) is 97.0 Å². The third-order valence-electron chi connectivity index (χ3n) is 11.8. The number of aryl methyl sites for hydroxylation is 1. The molecule has 3 aromatic carbocycles. The standard InChI is InChI=1S/C47H55N5O6S/c1-7-57-41(53)28-51-21-17-31(18-22-51)29(2)20-24-58-33-15-16-34(30(3)25-33)42-37(47(4,5)6)26-40(49-43(42)45(55)56)52-23-19-32-11-10-12-35(36(32)27-52)44(54)50-46-48-38-13-8-9-14-39(38)59-46/h8-16,25-26,29,31H,7,17-24,27-28H2,1-6H3,(H,55,56)(H,48,50,54)/t29-/m0/s1. The highest BCUT2D eigenvalue weighted by atomic mass is 32.1. The summed E-state index contributed by atoms with van der Waals surface area (Å²) in [5.41, 5.74) is 6.17. The number of aromatic carboxylic acids is 1. The van der Waals surface area contributed by atoms with Gasteiger partial charge in [-0.15, -0.1) is 0 Å². The number of fused-ring (bicyclic) bond motifs is 2. The molecule has 2 aromatic heterocycles. The van der Waals surface area contributed by atoms with Crippen molar-refractivity contribution < 1.29 is 29.0 Å². The minimum Gasteiger partial charge on any atom is -0.494 e. The number of thiazole rings is 1. The Morgan fingerprint density at radius 1 is 1.00 bits per heavy atom. The Kier molecular flexibility index (Phi) is 12.7. The summed E-state index contributed by atoms with van der Waals surface area (Å²) in [7, 11) is 0. The van der Waals surface area contributed by atoms with Crippen LogP contribution >= 0.6 is 11.3 Å². The van der Waals surface area contributed by atoms with Crippen LogP contribution in [0.4, 0.5) is 10.9 Å². The van der Waals surface area contributed by atoms with Crippen molar-refractivity contribution >= 4 is 50.3 Å². The molecule has 7 rings (SSSR count). The lowest BCUT2D eigenvalue weighted by Crippen LogP contribution is -2.39. The second-order valence-electron chi connectivity index (χ2n) is 16.9. The maximum atomic E-state index is 13.7. The number of rotatable bonds is 13. The topological polar surface area (TPSA) is 134 Å². The molecule has 1 amide bonds. The lowest BCUT2D eigenvalue weighted by Gasteiger charge is -2.34. The van der Waals surface area contributed by atoms with Crippen molar-refractivity contribution in [3.8, 4) is 16.9 Å². The fraction of sp³-hybridized carbons (Fsp3) is 0.426. The number of pyridine rings is 1. The van der Waals surface area contributed by atoms with Gasteiger partial charge in [-0.1, -0.05) is 69.4 Å². The molecule has 0 aliphatic carbocycles. The molecule has 1 atom stereocenters. The number of likely N-dealkylation sites (tertiary alicyclic amines) is 1. The number of benzene rings is 3. The van der Waals surface area contributed by atoms with Crippen LogP contribution in [-0.2, 0) is 27.9 Å². The molecular weight excluding hydrogens is 763 g/mol. The van der Waals surface area contributed by atoms with Gasteiger partial charge < -0.3 is 19.5 Å². The Bertz CT molecular complexity index is 2310. The normalized spacial score (nSPS) is 15.5. The van der Waals surface area contributed by atoms with E-state index in [-0.39, 0.29) is 17.6 Å². The molecule has 2 N–H and O–H groups in total. The van der Waals surface area contributed by atoms with Gasteiger partial charge in [0.2, 0.25) is 0 Å². The monoisotopic (exact) mass is 817 g/mol. The zero-order chi connectivity index (χ0) is 41.8. The third kappa shape index (κ3) is 9.60. The molecule has 0 radical (unpaired) electrons. The highest BCUT2D eigenvalue weighted by Crippen LogP contribution is 2.41. The first-order valence-electron chi connectivity index (χ1n) is 20.7. The summed E-state index contributed by atoms with van der Waals surface area (Å²) >= 11 is 1.44. The maximum absolute atomic E-state index is 13.7. The Balaban J connectivity index is 1.07. The summed E-state index contributed by atoms with van der Waals surface area (Å²) in [5.74, 6) is 0.906. The Hall–Kier alpha value is -5.33. The molecule has 5 aromatic rings. The van der Waals surface area contributed by atoms with Crippen LogP contribution in [-0.4, -0.2) is 77.2 Å². The molecular formula is C47H55N5O6S. The smallest absolute Gasteiger partial charge is 0.355 e. The molecule has 11 nitrogen and oxygen atoms in total. The van der Waals surface area contributed by atoms with E-state index in [1.165, 1.54) is 11.3 Å². The van der Waals surface area contributed by atoms with Gasteiger partial charge in [-0.3, -0.25) is 19.8 Å². The number of esters is 1. The molecule has 59 heavy (non-hydrogen) atoms. The Morgan fingerprint density at radius 2 is 1.78 bits per heavy atom. The molecule has 310 valence electrons. The number of carboxylic acids is 1. The molecule has 2 aliphatic heterocycles. The second kappa shape index (κ2) is 17.9. The number of amides is 1. The number of nitrogens with zero attached hydrogens (tertiary/aromatic N) is 4. The number of ether oxygens (including phenoxy) is 2. The minimum absolute atomic E-state index is 0.000942. The van der Waals surface area contributed by atoms with E-state index in [0.717, 1.165) is 76.1 Å². The zero-order valence-electron chi connectivity index (χ0n) is 35.0. The molecule has 0 spiro atoms. The van der Waals surface area contributed by atoms with Gasteiger partial charge in [0.25, 0.3) is 5.91 Å². The predicted octanol–water partition coefficient (Wildman–Crippen LogP) is 9.16. The summed E-state index contributed by atoms with van der Waals surface area (Å²) in [6.45, 7) is 16.6. The van der Waals surface area contributed by atoms with Crippen LogP contribution < -0.4 is 15.0 Å². The van der Waals surface area contributed by atoms with Gasteiger partial charge in [0.05, 0.1) is 30.0 Å². The number of piperidine rings is 1. The van der Waals surface area contributed by atoms with Crippen LogP contribution in [0.25, 0.3) is 21.3 Å². The van der Waals surface area contributed by atoms with Crippen LogP contribution in [0.2, 0.25) is 0 Å². The van der Waals surface area contributed by atoms with E-state index in [4.69, 9.17) is 14.5 Å². The molecule has 1 fully saturated rings. The quantitative estimate of drug-likeness (QED) is 0.111. The minimum atomic E-state index is -1.10. The number of carbonyl (C=O) groups is 3. The van der Waals surface area contributed by atoms with Crippen molar-refractivity contribution in [2.45, 2.75) is 79.2 Å². The first-order valence-corrected chi connectivity index (χ1v) is 21.5. The number of hydrogen-bond donors (Lipinski definition) is 2. The molecule has 12 heteroatoms. The largest absolute Gasteiger partial charge is 0.494 e. The Labute approximate surface area is 350 Å². The van der Waals surface area contributed by atoms with Gasteiger partial charge in [-0.25, -0.2) is 14.8 Å². The zero-order valence-corrected chi connectivity index (χ0v) is 35.8. The first kappa shape index (κ1) is 41.8. The second-order valence-corrected chi connectivity index (χ2v) is 17.9. The van der Waals surface area contributed by atoms with Crippen LogP contribution in [0.3, 0.4) is 0 Å². The van der Waals surface area contributed by atoms with Crippen molar-refractivity contribution in [1.29, 1.82) is 0 Å². The van der Waals surface area contributed by atoms with Crippen LogP contribution in [0, 0.1) is 18.8 Å². The molecule has 0 unspecified atom stereocenters. The Morgan fingerprint density at radius 3 is 2.49 bits per heavy atom. The van der Waals surface area contributed by atoms with Gasteiger partial charge in [0, 0.05) is 24.2 Å². The predicted molar refractivity (Wildman–Crippen MR) is 234 cm³/mol. The average molecular weight is 818 g/mol. The van der Waals surface area contributed by atoms with E-state index in [9.17, 15) is 19.5 Å². The summed E-state index contributed by atoms with van der Waals surface area (Å²) < 4.78 is 12.4. The van der Waals surface area contributed by atoms with Gasteiger partial charge in [-0.05, 0) is 134 Å². The number of hydrogen-bond acceptors (Lipinski definition) is 10.